The van der Waals surface area contributed by atoms with Gasteiger partial charge in [-0.2, -0.15) is 5.10 Å². The fourth-order valence-electron chi connectivity index (χ4n) is 1.85. The van der Waals surface area contributed by atoms with E-state index in [1.54, 1.807) is 38.4 Å². The Balaban J connectivity index is 2.08. The maximum atomic E-state index is 11.8. The first-order chi connectivity index (χ1) is 12.4. The predicted molar refractivity (Wildman–Crippen MR) is 104 cm³/mol. The van der Waals surface area contributed by atoms with E-state index >= 15 is 0 Å². The second kappa shape index (κ2) is 9.35. The summed E-state index contributed by atoms with van der Waals surface area (Å²) >= 11 is 4.74. The smallest absolute Gasteiger partial charge is 0.281 e. The number of nitrogens with zero attached hydrogens (tertiary/aromatic N) is 2. The van der Waals surface area contributed by atoms with E-state index in [4.69, 9.17) is 9.47 Å². The average Bonchev–Trinajstić information content (AvgIpc) is 3.14. The standard InChI is InChI=1S/C17H18BrN3O4S/c1-21(2)15(22)10-25-16-12(18)7-11(8-13(16)24-3)9-19-20-17(23)14-5-4-6-26-14/h4-9H,10H2,1-3H3,(H,20,23)/b19-9+. The number of likely N-dealkylation sites (N-methyl/N-ethyl adjacent to an activating group) is 1. The number of hydrogen-bond donors (Lipinski definition) is 1. The van der Waals surface area contributed by atoms with Crippen molar-refractivity contribution in [3.05, 3.63) is 44.6 Å². The Morgan fingerprint density at radius 1 is 1.38 bits per heavy atom. The van der Waals surface area contributed by atoms with Gasteiger partial charge in [0.05, 0.1) is 22.7 Å². The summed E-state index contributed by atoms with van der Waals surface area (Å²) in [4.78, 5) is 25.5. The van der Waals surface area contributed by atoms with Crippen molar-refractivity contribution in [1.82, 2.24) is 10.3 Å². The van der Waals surface area contributed by atoms with Gasteiger partial charge in [0.15, 0.2) is 18.1 Å². The minimum Gasteiger partial charge on any atom is -0.493 e. The number of thiophene rings is 1. The van der Waals surface area contributed by atoms with Gasteiger partial charge in [-0.25, -0.2) is 5.43 Å². The lowest BCUT2D eigenvalue weighted by molar-refractivity contribution is -0.130. The average molecular weight is 440 g/mol. The molecule has 1 N–H and O–H groups in total. The molecule has 9 heteroatoms. The second-order valence-corrected chi connectivity index (χ2v) is 7.09. The lowest BCUT2D eigenvalue weighted by Crippen LogP contribution is -2.27. The molecule has 7 nitrogen and oxygen atoms in total. The number of amides is 2. The second-order valence-electron chi connectivity index (χ2n) is 5.29. The van der Waals surface area contributed by atoms with Gasteiger partial charge in [-0.3, -0.25) is 9.59 Å². The fourth-order valence-corrected chi connectivity index (χ4v) is 3.03. The molecule has 1 heterocycles. The zero-order valence-corrected chi connectivity index (χ0v) is 16.9. The molecule has 1 aromatic heterocycles. The fraction of sp³-hybridized carbons (Fsp3) is 0.235. The highest BCUT2D eigenvalue weighted by Crippen LogP contribution is 2.36. The number of nitrogens with one attached hydrogen (secondary N) is 1. The summed E-state index contributed by atoms with van der Waals surface area (Å²) in [6, 6.07) is 6.96. The number of carbonyl (C=O) groups is 2. The molecule has 0 aliphatic heterocycles. The molecule has 138 valence electrons. The van der Waals surface area contributed by atoms with Crippen LogP contribution in [0.2, 0.25) is 0 Å². The molecule has 0 spiro atoms. The molecule has 0 fully saturated rings. The molecule has 0 bridgehead atoms. The highest BCUT2D eigenvalue weighted by Gasteiger charge is 2.14. The van der Waals surface area contributed by atoms with Crippen LogP contribution in [0, 0.1) is 0 Å². The van der Waals surface area contributed by atoms with Crippen molar-refractivity contribution in [2.75, 3.05) is 27.8 Å². The van der Waals surface area contributed by atoms with Crippen LogP contribution < -0.4 is 14.9 Å². The molecular formula is C17H18BrN3O4S. The van der Waals surface area contributed by atoms with E-state index in [2.05, 4.69) is 26.5 Å². The Morgan fingerprint density at radius 3 is 2.77 bits per heavy atom. The molecule has 2 aromatic rings. The van der Waals surface area contributed by atoms with Crippen molar-refractivity contribution >= 4 is 45.3 Å². The van der Waals surface area contributed by atoms with Crippen LogP contribution in [-0.4, -0.2) is 50.7 Å². The van der Waals surface area contributed by atoms with Crippen LogP contribution in [0.15, 0.2) is 39.2 Å². The van der Waals surface area contributed by atoms with Crippen molar-refractivity contribution < 1.29 is 19.1 Å². The molecule has 0 aliphatic rings. The number of hydrazone groups is 1. The molecule has 2 rings (SSSR count). The lowest BCUT2D eigenvalue weighted by atomic mass is 10.2. The van der Waals surface area contributed by atoms with Gasteiger partial charge in [0.25, 0.3) is 11.8 Å². The SMILES string of the molecule is COc1cc(/C=N/NC(=O)c2cccs2)cc(Br)c1OCC(=O)N(C)C. The molecule has 0 saturated carbocycles. The maximum absolute atomic E-state index is 11.8. The number of rotatable bonds is 7. The Labute approximate surface area is 163 Å². The molecule has 0 aliphatic carbocycles. The Hall–Kier alpha value is -2.39. The summed E-state index contributed by atoms with van der Waals surface area (Å²) in [5.74, 6) is 0.421. The molecular weight excluding hydrogens is 422 g/mol. The van der Waals surface area contributed by atoms with Gasteiger partial charge in [-0.15, -0.1) is 11.3 Å². The third kappa shape index (κ3) is 5.30. The zero-order valence-electron chi connectivity index (χ0n) is 14.5. The Kier molecular flexibility index (Phi) is 7.16. The van der Waals surface area contributed by atoms with E-state index in [1.165, 1.54) is 29.6 Å². The van der Waals surface area contributed by atoms with Gasteiger partial charge in [0, 0.05) is 14.1 Å². The van der Waals surface area contributed by atoms with Crippen molar-refractivity contribution in [3.63, 3.8) is 0 Å². The number of halogens is 1. The number of methoxy groups -OCH3 is 1. The van der Waals surface area contributed by atoms with Crippen LogP contribution >= 0.6 is 27.3 Å². The molecule has 2 amide bonds. The first kappa shape index (κ1) is 19.9. The first-order valence-electron chi connectivity index (χ1n) is 7.49. The normalized spacial score (nSPS) is 10.6. The number of hydrogen-bond acceptors (Lipinski definition) is 6. The molecule has 0 saturated heterocycles. The summed E-state index contributed by atoms with van der Waals surface area (Å²) in [5, 5.41) is 5.77. The number of ether oxygens (including phenoxy) is 2. The minimum absolute atomic E-state index is 0.105. The van der Waals surface area contributed by atoms with Gasteiger partial charge < -0.3 is 14.4 Å². The number of benzene rings is 1. The van der Waals surface area contributed by atoms with Gasteiger partial charge in [0.2, 0.25) is 0 Å². The lowest BCUT2D eigenvalue weighted by Gasteiger charge is -2.15. The van der Waals surface area contributed by atoms with E-state index in [0.29, 0.717) is 26.4 Å². The topological polar surface area (TPSA) is 80.2 Å². The van der Waals surface area contributed by atoms with Crippen molar-refractivity contribution in [2.45, 2.75) is 0 Å². The van der Waals surface area contributed by atoms with Crippen molar-refractivity contribution in [2.24, 2.45) is 5.10 Å². The first-order valence-corrected chi connectivity index (χ1v) is 9.17. The third-order valence-electron chi connectivity index (χ3n) is 3.22. The van der Waals surface area contributed by atoms with Gasteiger partial charge in [-0.05, 0) is 45.1 Å². The number of carbonyl (C=O) groups excluding carboxylic acids is 2. The van der Waals surface area contributed by atoms with E-state index < -0.39 is 0 Å². The Morgan fingerprint density at radius 2 is 2.15 bits per heavy atom. The summed E-state index contributed by atoms with van der Waals surface area (Å²) in [6.45, 7) is -0.105. The van der Waals surface area contributed by atoms with Crippen LogP contribution in [0.5, 0.6) is 11.5 Å². The zero-order chi connectivity index (χ0) is 19.1. The molecule has 1 aromatic carbocycles. The highest BCUT2D eigenvalue weighted by atomic mass is 79.9. The van der Waals surface area contributed by atoms with E-state index in [9.17, 15) is 9.59 Å². The molecule has 26 heavy (non-hydrogen) atoms. The summed E-state index contributed by atoms with van der Waals surface area (Å²) in [7, 11) is 4.81. The van der Waals surface area contributed by atoms with E-state index in [-0.39, 0.29) is 18.4 Å². The van der Waals surface area contributed by atoms with Gasteiger partial charge in [0.1, 0.15) is 0 Å². The van der Waals surface area contributed by atoms with Crippen LogP contribution in [0.25, 0.3) is 0 Å². The van der Waals surface area contributed by atoms with E-state index in [1.807, 2.05) is 5.38 Å². The Bertz CT molecular complexity index is 807. The van der Waals surface area contributed by atoms with Gasteiger partial charge >= 0.3 is 0 Å². The molecule has 0 atom stereocenters. The minimum atomic E-state index is -0.274. The quantitative estimate of drug-likeness (QED) is 0.531. The highest BCUT2D eigenvalue weighted by molar-refractivity contribution is 9.10. The van der Waals surface area contributed by atoms with E-state index in [0.717, 1.165) is 0 Å². The monoisotopic (exact) mass is 439 g/mol. The summed E-state index contributed by atoms with van der Waals surface area (Å²) in [5.41, 5.74) is 3.15. The van der Waals surface area contributed by atoms with Gasteiger partial charge in [-0.1, -0.05) is 6.07 Å². The molecule has 0 unspecified atom stereocenters. The maximum Gasteiger partial charge on any atom is 0.281 e. The van der Waals surface area contributed by atoms with Crippen molar-refractivity contribution in [3.8, 4) is 11.5 Å². The third-order valence-corrected chi connectivity index (χ3v) is 4.67. The van der Waals surface area contributed by atoms with Crippen LogP contribution in [0.1, 0.15) is 15.2 Å². The van der Waals surface area contributed by atoms with Crippen LogP contribution in [-0.2, 0) is 4.79 Å². The van der Waals surface area contributed by atoms with Crippen molar-refractivity contribution in [1.29, 1.82) is 0 Å². The van der Waals surface area contributed by atoms with Crippen LogP contribution in [0.4, 0.5) is 0 Å². The summed E-state index contributed by atoms with van der Waals surface area (Å²) < 4.78 is 11.5. The molecule has 0 radical (unpaired) electrons. The largest absolute Gasteiger partial charge is 0.493 e. The summed E-state index contributed by atoms with van der Waals surface area (Å²) in [6.07, 6.45) is 1.49. The van der Waals surface area contributed by atoms with Crippen LogP contribution in [0.3, 0.4) is 0 Å². The predicted octanol–water partition coefficient (Wildman–Crippen LogP) is 2.75.